The lowest BCUT2D eigenvalue weighted by atomic mass is 10.2. The van der Waals surface area contributed by atoms with Crippen molar-refractivity contribution in [1.82, 2.24) is 10.3 Å². The van der Waals surface area contributed by atoms with Crippen molar-refractivity contribution in [3.63, 3.8) is 0 Å². The van der Waals surface area contributed by atoms with Gasteiger partial charge in [-0.3, -0.25) is 4.98 Å². The second-order valence-corrected chi connectivity index (χ2v) is 4.71. The van der Waals surface area contributed by atoms with Crippen LogP contribution in [0.1, 0.15) is 18.1 Å². The summed E-state index contributed by atoms with van der Waals surface area (Å²) in [5.41, 5.74) is 2.32. The van der Waals surface area contributed by atoms with Crippen molar-refractivity contribution in [2.75, 3.05) is 20.3 Å². The maximum atomic E-state index is 5.93. The van der Waals surface area contributed by atoms with Crippen LogP contribution in [-0.4, -0.2) is 25.2 Å². The summed E-state index contributed by atoms with van der Waals surface area (Å²) in [5.74, 6) is 1.69. The first-order valence-electron chi connectivity index (χ1n) is 7.22. The summed E-state index contributed by atoms with van der Waals surface area (Å²) in [6.45, 7) is 4.44. The maximum Gasteiger partial charge on any atom is 0.127 e. The van der Waals surface area contributed by atoms with E-state index in [9.17, 15) is 0 Å². The van der Waals surface area contributed by atoms with Crippen molar-refractivity contribution in [2.45, 2.75) is 19.9 Å². The Hall–Kier alpha value is -2.07. The van der Waals surface area contributed by atoms with Gasteiger partial charge in [0.15, 0.2) is 0 Å². The number of methoxy groups -OCH3 is 1. The standard InChI is InChI=1S/C17H22N2O2/c1-3-18-13-15-6-7-16(20-2)11-17(15)21-10-8-14-5-4-9-19-12-14/h4-7,9,11-12,18H,3,8,10,13H2,1-2H3. The summed E-state index contributed by atoms with van der Waals surface area (Å²) in [5, 5.41) is 3.32. The van der Waals surface area contributed by atoms with Crippen molar-refractivity contribution < 1.29 is 9.47 Å². The van der Waals surface area contributed by atoms with E-state index in [1.807, 2.05) is 30.5 Å². The molecule has 1 aromatic heterocycles. The zero-order valence-corrected chi connectivity index (χ0v) is 12.6. The summed E-state index contributed by atoms with van der Waals surface area (Å²) in [7, 11) is 1.67. The molecular weight excluding hydrogens is 264 g/mol. The fourth-order valence-corrected chi connectivity index (χ4v) is 2.03. The maximum absolute atomic E-state index is 5.93. The average Bonchev–Trinajstić information content (AvgIpc) is 2.54. The van der Waals surface area contributed by atoms with Crippen LogP contribution in [0.3, 0.4) is 0 Å². The quantitative estimate of drug-likeness (QED) is 0.810. The molecule has 0 aliphatic rings. The smallest absolute Gasteiger partial charge is 0.127 e. The number of ether oxygens (including phenoxy) is 2. The second-order valence-electron chi connectivity index (χ2n) is 4.71. The van der Waals surface area contributed by atoms with Crippen molar-refractivity contribution in [3.8, 4) is 11.5 Å². The molecule has 4 nitrogen and oxygen atoms in total. The van der Waals surface area contributed by atoms with Crippen LogP contribution < -0.4 is 14.8 Å². The van der Waals surface area contributed by atoms with Crippen LogP contribution in [0.5, 0.6) is 11.5 Å². The molecule has 4 heteroatoms. The van der Waals surface area contributed by atoms with E-state index in [2.05, 4.69) is 23.3 Å². The SMILES string of the molecule is CCNCc1ccc(OC)cc1OCCc1cccnc1. The number of benzene rings is 1. The van der Waals surface area contributed by atoms with Gasteiger partial charge in [-0.05, 0) is 24.2 Å². The molecule has 0 atom stereocenters. The highest BCUT2D eigenvalue weighted by atomic mass is 16.5. The minimum absolute atomic E-state index is 0.623. The van der Waals surface area contributed by atoms with Gasteiger partial charge in [-0.25, -0.2) is 0 Å². The van der Waals surface area contributed by atoms with Crippen LogP contribution in [0.25, 0.3) is 0 Å². The van der Waals surface area contributed by atoms with Gasteiger partial charge in [0.05, 0.1) is 13.7 Å². The van der Waals surface area contributed by atoms with Gasteiger partial charge in [-0.1, -0.05) is 19.1 Å². The van der Waals surface area contributed by atoms with Gasteiger partial charge < -0.3 is 14.8 Å². The largest absolute Gasteiger partial charge is 0.497 e. The number of nitrogens with zero attached hydrogens (tertiary/aromatic N) is 1. The lowest BCUT2D eigenvalue weighted by molar-refractivity contribution is 0.314. The van der Waals surface area contributed by atoms with E-state index in [1.165, 1.54) is 5.56 Å². The van der Waals surface area contributed by atoms with Crippen LogP contribution >= 0.6 is 0 Å². The zero-order chi connectivity index (χ0) is 14.9. The van der Waals surface area contributed by atoms with Crippen molar-refractivity contribution in [1.29, 1.82) is 0 Å². The molecule has 1 heterocycles. The van der Waals surface area contributed by atoms with E-state index in [0.29, 0.717) is 6.61 Å². The molecule has 0 fully saturated rings. The predicted molar refractivity (Wildman–Crippen MR) is 83.8 cm³/mol. The monoisotopic (exact) mass is 286 g/mol. The first-order valence-corrected chi connectivity index (χ1v) is 7.22. The van der Waals surface area contributed by atoms with Gasteiger partial charge in [0.2, 0.25) is 0 Å². The Morgan fingerprint density at radius 1 is 1.24 bits per heavy atom. The molecule has 1 N–H and O–H groups in total. The van der Waals surface area contributed by atoms with Crippen LogP contribution in [0.4, 0.5) is 0 Å². The summed E-state index contributed by atoms with van der Waals surface area (Å²) in [6.07, 6.45) is 4.49. The highest BCUT2D eigenvalue weighted by molar-refractivity contribution is 5.40. The van der Waals surface area contributed by atoms with Gasteiger partial charge in [0.1, 0.15) is 11.5 Å². The Morgan fingerprint density at radius 2 is 2.14 bits per heavy atom. The molecule has 2 rings (SSSR count). The van der Waals surface area contributed by atoms with E-state index in [-0.39, 0.29) is 0 Å². The Bertz CT molecular complexity index is 544. The van der Waals surface area contributed by atoms with Gasteiger partial charge >= 0.3 is 0 Å². The number of hydrogen-bond acceptors (Lipinski definition) is 4. The highest BCUT2D eigenvalue weighted by Gasteiger charge is 2.06. The summed E-state index contributed by atoms with van der Waals surface area (Å²) < 4.78 is 11.2. The molecule has 0 unspecified atom stereocenters. The lowest BCUT2D eigenvalue weighted by Crippen LogP contribution is -2.13. The van der Waals surface area contributed by atoms with Gasteiger partial charge in [-0.2, -0.15) is 0 Å². The summed E-state index contributed by atoms with van der Waals surface area (Å²) >= 11 is 0. The number of pyridine rings is 1. The molecule has 0 saturated carbocycles. The molecule has 0 aliphatic heterocycles. The predicted octanol–water partition coefficient (Wildman–Crippen LogP) is 2.82. The molecule has 112 valence electrons. The Labute approximate surface area is 126 Å². The minimum Gasteiger partial charge on any atom is -0.497 e. The number of nitrogens with one attached hydrogen (secondary N) is 1. The molecule has 21 heavy (non-hydrogen) atoms. The van der Waals surface area contributed by atoms with E-state index < -0.39 is 0 Å². The van der Waals surface area contributed by atoms with Crippen LogP contribution in [-0.2, 0) is 13.0 Å². The molecule has 2 aromatic rings. The van der Waals surface area contributed by atoms with Gasteiger partial charge in [0.25, 0.3) is 0 Å². The Kier molecular flexibility index (Phi) is 6.03. The third-order valence-corrected chi connectivity index (χ3v) is 3.21. The Balaban J connectivity index is 1.99. The van der Waals surface area contributed by atoms with Gasteiger partial charge in [0, 0.05) is 37.0 Å². The Morgan fingerprint density at radius 3 is 2.86 bits per heavy atom. The normalized spacial score (nSPS) is 10.4. The number of aromatic nitrogens is 1. The molecule has 0 aliphatic carbocycles. The van der Waals surface area contributed by atoms with Crippen molar-refractivity contribution in [2.24, 2.45) is 0 Å². The second kappa shape index (κ2) is 8.27. The molecule has 1 aromatic carbocycles. The van der Waals surface area contributed by atoms with Crippen molar-refractivity contribution in [3.05, 3.63) is 53.9 Å². The minimum atomic E-state index is 0.623. The average molecular weight is 286 g/mol. The first-order chi connectivity index (χ1) is 10.3. The third-order valence-electron chi connectivity index (χ3n) is 3.21. The molecule has 0 saturated heterocycles. The van der Waals surface area contributed by atoms with Crippen molar-refractivity contribution >= 4 is 0 Å². The number of hydrogen-bond donors (Lipinski definition) is 1. The first kappa shape index (κ1) is 15.3. The van der Waals surface area contributed by atoms with Crippen LogP contribution in [0, 0.1) is 0 Å². The topological polar surface area (TPSA) is 43.4 Å². The van der Waals surface area contributed by atoms with Crippen LogP contribution in [0.15, 0.2) is 42.7 Å². The summed E-state index contributed by atoms with van der Waals surface area (Å²) in [6, 6.07) is 9.94. The third kappa shape index (κ3) is 4.76. The molecule has 0 amide bonds. The molecule has 0 bridgehead atoms. The van der Waals surface area contributed by atoms with Gasteiger partial charge in [-0.15, -0.1) is 0 Å². The van der Waals surface area contributed by atoms with E-state index in [0.717, 1.165) is 36.6 Å². The molecule has 0 radical (unpaired) electrons. The lowest BCUT2D eigenvalue weighted by Gasteiger charge is -2.13. The van der Waals surface area contributed by atoms with Crippen LogP contribution in [0.2, 0.25) is 0 Å². The highest BCUT2D eigenvalue weighted by Crippen LogP contribution is 2.25. The molecule has 0 spiro atoms. The fraction of sp³-hybridized carbons (Fsp3) is 0.353. The van der Waals surface area contributed by atoms with E-state index in [1.54, 1.807) is 13.3 Å². The summed E-state index contributed by atoms with van der Waals surface area (Å²) in [4.78, 5) is 4.11. The zero-order valence-electron chi connectivity index (χ0n) is 12.6. The van der Waals surface area contributed by atoms with E-state index in [4.69, 9.17) is 9.47 Å². The van der Waals surface area contributed by atoms with E-state index >= 15 is 0 Å². The molecular formula is C17H22N2O2. The fourth-order valence-electron chi connectivity index (χ4n) is 2.03. The number of rotatable bonds is 8.